The van der Waals surface area contributed by atoms with Crippen LogP contribution < -0.4 is 5.32 Å². The second-order valence-corrected chi connectivity index (χ2v) is 7.64. The van der Waals surface area contributed by atoms with E-state index in [0.29, 0.717) is 21.7 Å². The van der Waals surface area contributed by atoms with Crippen LogP contribution in [0.2, 0.25) is 10.0 Å². The quantitative estimate of drug-likeness (QED) is 0.804. The summed E-state index contributed by atoms with van der Waals surface area (Å²) in [6.45, 7) is 1.82. The topological polar surface area (TPSA) is 59.8 Å². The van der Waals surface area contributed by atoms with Crippen molar-refractivity contribution in [2.45, 2.75) is 36.1 Å². The van der Waals surface area contributed by atoms with Gasteiger partial charge in [-0.05, 0) is 31.9 Å². The summed E-state index contributed by atoms with van der Waals surface area (Å²) in [5.74, 6) is 1.34. The molecule has 1 heterocycles. The van der Waals surface area contributed by atoms with E-state index in [1.807, 2.05) is 18.5 Å². The standard InChI is InChI=1S/C15H16Cl2N4OS/c1-8(14(22)18-12-10(16)4-3-5-11(12)17)23-15-20-19-13(21(15)2)9-6-7-9/h3-5,8-9H,6-7H2,1-2H3,(H,18,22)/t8-/m0/s1. The number of thioether (sulfide) groups is 1. The van der Waals surface area contributed by atoms with E-state index in [0.717, 1.165) is 23.8 Å². The van der Waals surface area contributed by atoms with Gasteiger partial charge >= 0.3 is 0 Å². The molecule has 1 atom stereocenters. The van der Waals surface area contributed by atoms with Crippen molar-refractivity contribution in [1.29, 1.82) is 0 Å². The molecule has 0 bridgehead atoms. The maximum absolute atomic E-state index is 12.4. The van der Waals surface area contributed by atoms with E-state index in [-0.39, 0.29) is 11.2 Å². The molecule has 3 rings (SSSR count). The number of rotatable bonds is 5. The maximum atomic E-state index is 12.4. The first-order valence-corrected chi connectivity index (χ1v) is 8.91. The molecule has 0 unspecified atom stereocenters. The van der Waals surface area contributed by atoms with Gasteiger partial charge in [0, 0.05) is 13.0 Å². The molecule has 1 aliphatic rings. The van der Waals surface area contributed by atoms with Crippen LogP contribution in [0.1, 0.15) is 31.5 Å². The number of nitrogens with zero attached hydrogens (tertiary/aromatic N) is 3. The zero-order chi connectivity index (χ0) is 16.6. The summed E-state index contributed by atoms with van der Waals surface area (Å²) in [5, 5.41) is 12.4. The van der Waals surface area contributed by atoms with Gasteiger partial charge in [0.05, 0.1) is 21.0 Å². The third-order valence-electron chi connectivity index (χ3n) is 3.67. The fraction of sp³-hybridized carbons (Fsp3) is 0.400. The summed E-state index contributed by atoms with van der Waals surface area (Å²) in [6, 6.07) is 5.11. The monoisotopic (exact) mass is 370 g/mol. The molecular weight excluding hydrogens is 355 g/mol. The Labute approximate surface area is 148 Å². The van der Waals surface area contributed by atoms with Crippen molar-refractivity contribution in [3.05, 3.63) is 34.1 Å². The van der Waals surface area contributed by atoms with Gasteiger partial charge in [0.25, 0.3) is 0 Å². The zero-order valence-electron chi connectivity index (χ0n) is 12.7. The molecule has 1 N–H and O–H groups in total. The second kappa shape index (κ2) is 6.71. The van der Waals surface area contributed by atoms with Crippen LogP contribution in [0.4, 0.5) is 5.69 Å². The number of carbonyl (C=O) groups is 1. The Morgan fingerprint density at radius 2 is 2.00 bits per heavy atom. The van der Waals surface area contributed by atoms with Crippen LogP contribution in [0.5, 0.6) is 0 Å². The van der Waals surface area contributed by atoms with Gasteiger partial charge in [-0.3, -0.25) is 4.79 Å². The van der Waals surface area contributed by atoms with Gasteiger partial charge in [0.15, 0.2) is 5.16 Å². The third kappa shape index (κ3) is 3.65. The normalized spacial score (nSPS) is 15.5. The van der Waals surface area contributed by atoms with Gasteiger partial charge in [-0.1, -0.05) is 41.0 Å². The predicted molar refractivity (Wildman–Crippen MR) is 93.4 cm³/mol. The van der Waals surface area contributed by atoms with E-state index in [4.69, 9.17) is 23.2 Å². The van der Waals surface area contributed by atoms with Crippen molar-refractivity contribution in [3.8, 4) is 0 Å². The molecule has 122 valence electrons. The van der Waals surface area contributed by atoms with E-state index < -0.39 is 0 Å². The first kappa shape index (κ1) is 16.6. The van der Waals surface area contributed by atoms with Crippen LogP contribution in [0.25, 0.3) is 0 Å². The first-order chi connectivity index (χ1) is 11.0. The maximum Gasteiger partial charge on any atom is 0.237 e. The van der Waals surface area contributed by atoms with Crippen LogP contribution in [0.3, 0.4) is 0 Å². The van der Waals surface area contributed by atoms with E-state index in [9.17, 15) is 4.79 Å². The second-order valence-electron chi connectivity index (χ2n) is 5.52. The van der Waals surface area contributed by atoms with Crippen LogP contribution in [-0.4, -0.2) is 25.9 Å². The van der Waals surface area contributed by atoms with Crippen molar-refractivity contribution in [3.63, 3.8) is 0 Å². The van der Waals surface area contributed by atoms with Gasteiger partial charge in [-0.15, -0.1) is 10.2 Å². The van der Waals surface area contributed by atoms with Crippen LogP contribution in [0.15, 0.2) is 23.4 Å². The minimum Gasteiger partial charge on any atom is -0.323 e. The highest BCUT2D eigenvalue weighted by atomic mass is 35.5. The van der Waals surface area contributed by atoms with Gasteiger partial charge < -0.3 is 9.88 Å². The lowest BCUT2D eigenvalue weighted by atomic mass is 10.3. The average Bonchev–Trinajstić information content (AvgIpc) is 3.29. The molecule has 1 amide bonds. The van der Waals surface area contributed by atoms with E-state index >= 15 is 0 Å². The Hall–Kier alpha value is -1.24. The third-order valence-corrected chi connectivity index (χ3v) is 5.44. The Bertz CT molecular complexity index is 725. The Balaban J connectivity index is 1.68. The highest BCUT2D eigenvalue weighted by Crippen LogP contribution is 2.40. The molecule has 1 saturated carbocycles. The zero-order valence-corrected chi connectivity index (χ0v) is 15.0. The molecule has 8 heteroatoms. The van der Waals surface area contributed by atoms with Crippen LogP contribution in [0, 0.1) is 0 Å². The number of amides is 1. The lowest BCUT2D eigenvalue weighted by Gasteiger charge is -2.13. The molecule has 5 nitrogen and oxygen atoms in total. The molecule has 0 radical (unpaired) electrons. The summed E-state index contributed by atoms with van der Waals surface area (Å²) < 4.78 is 1.97. The molecule has 1 aliphatic carbocycles. The summed E-state index contributed by atoms with van der Waals surface area (Å²) in [5.41, 5.74) is 0.435. The lowest BCUT2D eigenvalue weighted by Crippen LogP contribution is -2.23. The highest BCUT2D eigenvalue weighted by Gasteiger charge is 2.30. The lowest BCUT2D eigenvalue weighted by molar-refractivity contribution is -0.115. The van der Waals surface area contributed by atoms with Crippen molar-refractivity contribution in [2.24, 2.45) is 7.05 Å². The fourth-order valence-corrected chi connectivity index (χ4v) is 3.49. The molecular formula is C15H16Cl2N4OS. The average molecular weight is 371 g/mol. The first-order valence-electron chi connectivity index (χ1n) is 7.28. The number of hydrogen-bond acceptors (Lipinski definition) is 4. The summed E-state index contributed by atoms with van der Waals surface area (Å²) in [4.78, 5) is 12.4. The van der Waals surface area contributed by atoms with Gasteiger partial charge in [0.1, 0.15) is 5.82 Å². The van der Waals surface area contributed by atoms with Gasteiger partial charge in [-0.25, -0.2) is 0 Å². The molecule has 23 heavy (non-hydrogen) atoms. The minimum atomic E-state index is -0.350. The van der Waals surface area contributed by atoms with Crippen molar-refractivity contribution >= 4 is 46.6 Å². The number of carbonyl (C=O) groups excluding carboxylic acids is 1. The number of aromatic nitrogens is 3. The molecule has 1 fully saturated rings. The van der Waals surface area contributed by atoms with Crippen molar-refractivity contribution in [2.75, 3.05) is 5.32 Å². The van der Waals surface area contributed by atoms with E-state index in [1.54, 1.807) is 18.2 Å². The predicted octanol–water partition coefficient (Wildman–Crippen LogP) is 4.12. The SMILES string of the molecule is C[C@H](Sc1nnc(C2CC2)n1C)C(=O)Nc1c(Cl)cccc1Cl. The highest BCUT2D eigenvalue weighted by molar-refractivity contribution is 8.00. The molecule has 0 spiro atoms. The van der Waals surface area contributed by atoms with E-state index in [2.05, 4.69) is 15.5 Å². The molecule has 1 aromatic heterocycles. The largest absolute Gasteiger partial charge is 0.323 e. The molecule has 0 saturated heterocycles. The van der Waals surface area contributed by atoms with Gasteiger partial charge in [-0.2, -0.15) is 0 Å². The number of hydrogen-bond donors (Lipinski definition) is 1. The smallest absolute Gasteiger partial charge is 0.237 e. The summed E-state index contributed by atoms with van der Waals surface area (Å²) >= 11 is 13.5. The Morgan fingerprint density at radius 3 is 2.61 bits per heavy atom. The number of halogens is 2. The number of nitrogens with one attached hydrogen (secondary N) is 1. The number of anilines is 1. The summed E-state index contributed by atoms with van der Waals surface area (Å²) in [6.07, 6.45) is 2.33. The Morgan fingerprint density at radius 1 is 1.35 bits per heavy atom. The molecule has 2 aromatic rings. The Kier molecular flexibility index (Phi) is 4.85. The molecule has 0 aliphatic heterocycles. The number of benzene rings is 1. The van der Waals surface area contributed by atoms with E-state index in [1.165, 1.54) is 11.8 Å². The number of para-hydroxylation sites is 1. The van der Waals surface area contributed by atoms with Gasteiger partial charge in [0.2, 0.25) is 5.91 Å². The van der Waals surface area contributed by atoms with Crippen molar-refractivity contribution < 1.29 is 4.79 Å². The van der Waals surface area contributed by atoms with Crippen LogP contribution >= 0.6 is 35.0 Å². The summed E-state index contributed by atoms with van der Waals surface area (Å²) in [7, 11) is 1.94. The van der Waals surface area contributed by atoms with Crippen LogP contribution in [-0.2, 0) is 11.8 Å². The fourth-order valence-electron chi connectivity index (χ4n) is 2.18. The minimum absolute atomic E-state index is 0.180. The van der Waals surface area contributed by atoms with Crippen molar-refractivity contribution in [1.82, 2.24) is 14.8 Å². The molecule has 1 aromatic carbocycles.